The number of benzene rings is 1. The van der Waals surface area contributed by atoms with Crippen LogP contribution in [-0.4, -0.2) is 35.3 Å². The first-order valence-electron chi connectivity index (χ1n) is 9.95. The normalized spacial score (nSPS) is 12.4. The number of carbonyl (C=O) groups is 1. The van der Waals surface area contributed by atoms with Gasteiger partial charge in [0, 0.05) is 12.7 Å². The number of hydrogen-bond donors (Lipinski definition) is 1. The lowest BCUT2D eigenvalue weighted by molar-refractivity contribution is -0.115. The number of aromatic nitrogens is 5. The molecular formula is C21H21ClN6O2S. The summed E-state index contributed by atoms with van der Waals surface area (Å²) in [6, 6.07) is 10.7. The van der Waals surface area contributed by atoms with Crippen molar-refractivity contribution in [2.45, 2.75) is 43.6 Å². The Balaban J connectivity index is 1.69. The summed E-state index contributed by atoms with van der Waals surface area (Å²) < 4.78 is 3.51. The van der Waals surface area contributed by atoms with Crippen molar-refractivity contribution in [3.8, 4) is 0 Å². The third kappa shape index (κ3) is 4.28. The van der Waals surface area contributed by atoms with Crippen LogP contribution in [0.15, 0.2) is 52.5 Å². The minimum atomic E-state index is -0.473. The summed E-state index contributed by atoms with van der Waals surface area (Å²) >= 11 is 7.11. The molecule has 3 heterocycles. The molecule has 1 atom stereocenters. The maximum atomic E-state index is 13.0. The van der Waals surface area contributed by atoms with E-state index in [4.69, 9.17) is 11.6 Å². The molecule has 0 radical (unpaired) electrons. The zero-order valence-electron chi connectivity index (χ0n) is 17.1. The van der Waals surface area contributed by atoms with Crippen LogP contribution in [0.5, 0.6) is 0 Å². The minimum absolute atomic E-state index is 0.0832. The van der Waals surface area contributed by atoms with E-state index >= 15 is 0 Å². The third-order valence-electron chi connectivity index (χ3n) is 4.84. The number of halogens is 1. The van der Waals surface area contributed by atoms with Crippen molar-refractivity contribution in [3.63, 3.8) is 0 Å². The minimum Gasteiger partial charge on any atom is -0.310 e. The maximum Gasteiger partial charge on any atom is 0.262 e. The molecule has 0 bridgehead atoms. The Morgan fingerprint density at radius 1 is 1.23 bits per heavy atom. The molecule has 0 saturated carbocycles. The molecule has 1 N–H and O–H groups in total. The first-order chi connectivity index (χ1) is 15.0. The van der Waals surface area contributed by atoms with Crippen LogP contribution in [0.3, 0.4) is 0 Å². The van der Waals surface area contributed by atoms with Crippen LogP contribution >= 0.6 is 23.4 Å². The number of anilines is 1. The van der Waals surface area contributed by atoms with Gasteiger partial charge in [0.25, 0.3) is 5.56 Å². The van der Waals surface area contributed by atoms with E-state index in [0.29, 0.717) is 33.7 Å². The highest BCUT2D eigenvalue weighted by Crippen LogP contribution is 2.26. The summed E-state index contributed by atoms with van der Waals surface area (Å²) in [4.78, 5) is 29.8. The number of carbonyl (C=O) groups excluding carboxylic acids is 1. The van der Waals surface area contributed by atoms with Crippen LogP contribution in [0.2, 0.25) is 5.02 Å². The number of para-hydroxylation sites is 1. The van der Waals surface area contributed by atoms with E-state index < -0.39 is 5.25 Å². The Kier molecular flexibility index (Phi) is 6.24. The van der Waals surface area contributed by atoms with Gasteiger partial charge in [0.15, 0.2) is 5.16 Å². The molecule has 0 aliphatic rings. The van der Waals surface area contributed by atoms with Crippen molar-refractivity contribution in [3.05, 3.63) is 58.0 Å². The van der Waals surface area contributed by atoms with Crippen molar-refractivity contribution in [2.75, 3.05) is 5.32 Å². The molecule has 8 nitrogen and oxygen atoms in total. The lowest BCUT2D eigenvalue weighted by atomic mass is 10.2. The van der Waals surface area contributed by atoms with Gasteiger partial charge in [-0.05, 0) is 37.6 Å². The van der Waals surface area contributed by atoms with Gasteiger partial charge >= 0.3 is 0 Å². The molecule has 0 aliphatic heterocycles. The van der Waals surface area contributed by atoms with E-state index in [1.165, 1.54) is 18.0 Å². The van der Waals surface area contributed by atoms with Gasteiger partial charge < -0.3 is 5.32 Å². The highest BCUT2D eigenvalue weighted by molar-refractivity contribution is 8.00. The number of nitrogens with zero attached hydrogens (tertiary/aromatic N) is 5. The zero-order chi connectivity index (χ0) is 22.0. The molecule has 3 aromatic heterocycles. The van der Waals surface area contributed by atoms with Crippen molar-refractivity contribution in [2.24, 2.45) is 0 Å². The molecule has 1 unspecified atom stereocenters. The zero-order valence-corrected chi connectivity index (χ0v) is 18.7. The van der Waals surface area contributed by atoms with E-state index in [9.17, 15) is 9.59 Å². The third-order valence-corrected chi connectivity index (χ3v) is 6.11. The smallest absolute Gasteiger partial charge is 0.262 e. The first-order valence-corrected chi connectivity index (χ1v) is 11.2. The van der Waals surface area contributed by atoms with Crippen molar-refractivity contribution in [1.82, 2.24) is 24.1 Å². The van der Waals surface area contributed by atoms with E-state index in [1.54, 1.807) is 29.7 Å². The van der Waals surface area contributed by atoms with Crippen molar-refractivity contribution >= 4 is 51.8 Å². The number of thioether (sulfide) groups is 1. The summed E-state index contributed by atoms with van der Waals surface area (Å²) in [5.41, 5.74) is 0.634. The topological polar surface area (TPSA) is 94.2 Å². The molecule has 1 amide bonds. The van der Waals surface area contributed by atoms with Crippen molar-refractivity contribution < 1.29 is 4.79 Å². The van der Waals surface area contributed by atoms with E-state index in [2.05, 4.69) is 27.4 Å². The number of rotatable bonds is 7. The molecule has 1 aromatic carbocycles. The number of unbranched alkanes of at least 4 members (excludes halogenated alkanes) is 1. The van der Waals surface area contributed by atoms with Gasteiger partial charge in [0.1, 0.15) is 5.82 Å². The molecule has 31 heavy (non-hydrogen) atoms. The average Bonchev–Trinajstić information content (AvgIpc) is 3.18. The predicted octanol–water partition coefficient (Wildman–Crippen LogP) is 4.01. The molecule has 10 heteroatoms. The van der Waals surface area contributed by atoms with E-state index in [-0.39, 0.29) is 11.5 Å². The first kappa shape index (κ1) is 21.3. The summed E-state index contributed by atoms with van der Waals surface area (Å²) in [7, 11) is 0. The second kappa shape index (κ2) is 9.07. The van der Waals surface area contributed by atoms with Crippen LogP contribution in [0.1, 0.15) is 26.7 Å². The van der Waals surface area contributed by atoms with Gasteiger partial charge in [0.2, 0.25) is 11.7 Å². The molecule has 0 spiro atoms. The van der Waals surface area contributed by atoms with Gasteiger partial charge in [-0.15, -0.1) is 10.2 Å². The quantitative estimate of drug-likeness (QED) is 0.422. The monoisotopic (exact) mass is 456 g/mol. The molecular weight excluding hydrogens is 436 g/mol. The van der Waals surface area contributed by atoms with Gasteiger partial charge in [-0.3, -0.25) is 18.6 Å². The average molecular weight is 457 g/mol. The number of hydrogen-bond acceptors (Lipinski definition) is 6. The fraction of sp³-hybridized carbons (Fsp3) is 0.286. The highest BCUT2D eigenvalue weighted by atomic mass is 35.5. The Labute approximate surface area is 187 Å². The van der Waals surface area contributed by atoms with Gasteiger partial charge in [-0.1, -0.05) is 48.8 Å². The van der Waals surface area contributed by atoms with Crippen LogP contribution in [0.25, 0.3) is 16.7 Å². The summed E-state index contributed by atoms with van der Waals surface area (Å²) in [5.74, 6) is 0.679. The standard InChI is InChI=1S/C21H21ClN6O2S/c1-3-4-11-27-19(30)15-7-5-6-8-16(15)28-20(27)25-26-21(28)31-13(2)18(29)24-17-10-9-14(22)12-23-17/h5-10,12-13H,3-4,11H2,1-2H3,(H,23,24,29). The van der Waals surface area contributed by atoms with Gasteiger partial charge in [0.05, 0.1) is 21.2 Å². The highest BCUT2D eigenvalue weighted by Gasteiger charge is 2.21. The molecule has 160 valence electrons. The Bertz CT molecular complexity index is 1300. The van der Waals surface area contributed by atoms with Gasteiger partial charge in [-0.2, -0.15) is 0 Å². The van der Waals surface area contributed by atoms with Crippen LogP contribution in [0, 0.1) is 0 Å². The number of nitrogens with one attached hydrogen (secondary N) is 1. The van der Waals surface area contributed by atoms with Crippen LogP contribution in [0.4, 0.5) is 5.82 Å². The SMILES string of the molecule is CCCCn1c(=O)c2ccccc2n2c(SC(C)C(=O)Nc3ccc(Cl)cn3)nnc12. The van der Waals surface area contributed by atoms with Crippen LogP contribution in [-0.2, 0) is 11.3 Å². The lowest BCUT2D eigenvalue weighted by Gasteiger charge is -2.13. The Hall–Kier alpha value is -2.91. The van der Waals surface area contributed by atoms with Crippen molar-refractivity contribution in [1.29, 1.82) is 0 Å². The van der Waals surface area contributed by atoms with Crippen LogP contribution < -0.4 is 10.9 Å². The predicted molar refractivity (Wildman–Crippen MR) is 123 cm³/mol. The molecule has 0 aliphatic carbocycles. The number of amides is 1. The molecule has 4 rings (SSSR count). The number of pyridine rings is 1. The largest absolute Gasteiger partial charge is 0.310 e. The summed E-state index contributed by atoms with van der Waals surface area (Å²) in [6.07, 6.45) is 3.29. The summed E-state index contributed by atoms with van der Waals surface area (Å²) in [5, 5.41) is 12.5. The maximum absolute atomic E-state index is 13.0. The van der Waals surface area contributed by atoms with E-state index in [1.807, 2.05) is 22.6 Å². The van der Waals surface area contributed by atoms with Gasteiger partial charge in [-0.25, -0.2) is 4.98 Å². The fourth-order valence-electron chi connectivity index (χ4n) is 3.22. The molecule has 4 aromatic rings. The Morgan fingerprint density at radius 3 is 2.77 bits per heavy atom. The number of aryl methyl sites for hydroxylation is 1. The second-order valence-corrected chi connectivity index (χ2v) is 8.80. The fourth-order valence-corrected chi connectivity index (χ4v) is 4.18. The Morgan fingerprint density at radius 2 is 2.03 bits per heavy atom. The van der Waals surface area contributed by atoms with E-state index in [0.717, 1.165) is 18.4 Å². The lowest BCUT2D eigenvalue weighted by Crippen LogP contribution is -2.24. The molecule has 0 fully saturated rings. The summed E-state index contributed by atoms with van der Waals surface area (Å²) in [6.45, 7) is 4.42. The second-order valence-electron chi connectivity index (χ2n) is 7.06. The number of fused-ring (bicyclic) bond motifs is 3. The molecule has 0 saturated heterocycles.